The number of nitrogens with one attached hydrogen (secondary N) is 1. The third kappa shape index (κ3) is 6.72. The van der Waals surface area contributed by atoms with Crippen LogP contribution in [0.15, 0.2) is 84.2 Å². The lowest BCUT2D eigenvalue weighted by Gasteiger charge is -2.12. The molecule has 1 N–H and O–H groups in total. The first-order chi connectivity index (χ1) is 18.4. The highest BCUT2D eigenvalue weighted by Crippen LogP contribution is 2.24. The minimum Gasteiger partial charge on any atom is -0.497 e. The van der Waals surface area contributed by atoms with Gasteiger partial charge >= 0.3 is 5.69 Å². The number of rotatable bonds is 11. The molecule has 1 aromatic heterocycles. The van der Waals surface area contributed by atoms with E-state index >= 15 is 0 Å². The molecule has 4 aromatic rings. The molecular formula is C27H25N5O6. The van der Waals surface area contributed by atoms with E-state index in [4.69, 9.17) is 14.2 Å². The molecule has 4 rings (SSSR count). The summed E-state index contributed by atoms with van der Waals surface area (Å²) in [6.07, 6.45) is 4.04. The van der Waals surface area contributed by atoms with E-state index in [0.29, 0.717) is 22.8 Å². The van der Waals surface area contributed by atoms with Crippen LogP contribution < -0.4 is 19.6 Å². The van der Waals surface area contributed by atoms with E-state index in [1.54, 1.807) is 50.6 Å². The zero-order chi connectivity index (χ0) is 26.9. The SMILES string of the molecule is COc1cccc(OCc2cc(/C=N\NC(=O)c3cccc(Cn4cc([N+](=O)[O-])cn4)c3)ccc2OC)c1. The average molecular weight is 516 g/mol. The summed E-state index contributed by atoms with van der Waals surface area (Å²) in [7, 11) is 3.18. The number of amides is 1. The van der Waals surface area contributed by atoms with E-state index in [2.05, 4.69) is 15.6 Å². The van der Waals surface area contributed by atoms with E-state index in [1.807, 2.05) is 30.3 Å². The van der Waals surface area contributed by atoms with Gasteiger partial charge in [-0.1, -0.05) is 18.2 Å². The van der Waals surface area contributed by atoms with Gasteiger partial charge in [-0.15, -0.1) is 0 Å². The van der Waals surface area contributed by atoms with Crippen molar-refractivity contribution in [1.82, 2.24) is 15.2 Å². The van der Waals surface area contributed by atoms with Crippen LogP contribution in [-0.2, 0) is 13.2 Å². The molecule has 11 nitrogen and oxygen atoms in total. The third-order valence-corrected chi connectivity index (χ3v) is 5.48. The number of methoxy groups -OCH3 is 2. The summed E-state index contributed by atoms with van der Waals surface area (Å²) in [6.45, 7) is 0.543. The number of carbonyl (C=O) groups excluding carboxylic acids is 1. The Labute approximate surface area is 218 Å². The van der Waals surface area contributed by atoms with Crippen LogP contribution in [-0.4, -0.2) is 41.0 Å². The predicted octanol–water partition coefficient (Wildman–Crippen LogP) is 4.20. The second kappa shape index (κ2) is 12.2. The summed E-state index contributed by atoms with van der Waals surface area (Å²) >= 11 is 0. The first-order valence-electron chi connectivity index (χ1n) is 11.5. The minimum absolute atomic E-state index is 0.0956. The van der Waals surface area contributed by atoms with Gasteiger partial charge in [0.1, 0.15) is 36.2 Å². The third-order valence-electron chi connectivity index (χ3n) is 5.48. The molecular weight excluding hydrogens is 490 g/mol. The van der Waals surface area contributed by atoms with Crippen LogP contribution in [0.25, 0.3) is 0 Å². The van der Waals surface area contributed by atoms with Crippen LogP contribution in [0.4, 0.5) is 5.69 Å². The minimum atomic E-state index is -0.509. The van der Waals surface area contributed by atoms with Gasteiger partial charge in [-0.25, -0.2) is 5.43 Å². The Balaban J connectivity index is 1.38. The van der Waals surface area contributed by atoms with E-state index in [9.17, 15) is 14.9 Å². The predicted molar refractivity (Wildman–Crippen MR) is 140 cm³/mol. The first kappa shape index (κ1) is 25.9. The molecule has 1 heterocycles. The topological polar surface area (TPSA) is 130 Å². The summed E-state index contributed by atoms with van der Waals surface area (Å²) in [5.41, 5.74) is 5.12. The van der Waals surface area contributed by atoms with Gasteiger partial charge in [0, 0.05) is 17.2 Å². The average Bonchev–Trinajstić information content (AvgIpc) is 3.41. The fraction of sp³-hybridized carbons (Fsp3) is 0.148. The van der Waals surface area contributed by atoms with Gasteiger partial charge in [-0.05, 0) is 53.6 Å². The van der Waals surface area contributed by atoms with Crippen LogP contribution in [0.5, 0.6) is 17.2 Å². The van der Waals surface area contributed by atoms with Crippen molar-refractivity contribution in [3.8, 4) is 17.2 Å². The fourth-order valence-electron chi connectivity index (χ4n) is 3.61. The van der Waals surface area contributed by atoms with Crippen molar-refractivity contribution in [2.75, 3.05) is 14.2 Å². The van der Waals surface area contributed by atoms with Crippen LogP contribution in [0.3, 0.4) is 0 Å². The molecule has 0 saturated carbocycles. The summed E-state index contributed by atoms with van der Waals surface area (Å²) in [5.74, 6) is 1.62. The highest BCUT2D eigenvalue weighted by molar-refractivity contribution is 5.95. The van der Waals surface area contributed by atoms with Crippen LogP contribution in [0.2, 0.25) is 0 Å². The standard InChI is InChI=1S/C27H25N5O6/c1-36-24-7-4-8-25(13-24)38-18-22-11-19(9-10-26(22)37-2)14-28-30-27(33)21-6-3-5-20(12-21)16-31-17-23(15-29-31)32(34)35/h3-15,17H,16,18H2,1-2H3,(H,30,33)/b28-14-. The summed E-state index contributed by atoms with van der Waals surface area (Å²) in [6, 6.07) is 19.7. The molecule has 0 aliphatic heterocycles. The maximum atomic E-state index is 12.6. The van der Waals surface area contributed by atoms with Gasteiger partial charge in [0.05, 0.1) is 31.9 Å². The number of hydrogen-bond acceptors (Lipinski definition) is 8. The van der Waals surface area contributed by atoms with Crippen LogP contribution in [0.1, 0.15) is 27.0 Å². The number of hydrazone groups is 1. The molecule has 3 aromatic carbocycles. The van der Waals surface area contributed by atoms with E-state index in [0.717, 1.165) is 16.7 Å². The van der Waals surface area contributed by atoms with Crippen LogP contribution >= 0.6 is 0 Å². The lowest BCUT2D eigenvalue weighted by molar-refractivity contribution is -0.385. The summed E-state index contributed by atoms with van der Waals surface area (Å²) in [5, 5.41) is 18.9. The number of benzene rings is 3. The fourth-order valence-corrected chi connectivity index (χ4v) is 3.61. The molecule has 11 heteroatoms. The summed E-state index contributed by atoms with van der Waals surface area (Å²) in [4.78, 5) is 23.0. The van der Waals surface area contributed by atoms with Gasteiger partial charge in [0.15, 0.2) is 0 Å². The lowest BCUT2D eigenvalue weighted by atomic mass is 10.1. The number of nitrogens with zero attached hydrogens (tertiary/aromatic N) is 4. The Bertz CT molecular complexity index is 1470. The van der Waals surface area contributed by atoms with Gasteiger partial charge in [-0.3, -0.25) is 19.6 Å². The highest BCUT2D eigenvalue weighted by Gasteiger charge is 2.11. The van der Waals surface area contributed by atoms with E-state index in [-0.39, 0.29) is 18.8 Å². The van der Waals surface area contributed by atoms with E-state index in [1.165, 1.54) is 23.3 Å². The maximum Gasteiger partial charge on any atom is 0.307 e. The Hall–Kier alpha value is -5.19. The van der Waals surface area contributed by atoms with Crippen molar-refractivity contribution in [2.24, 2.45) is 5.10 Å². The first-order valence-corrected chi connectivity index (χ1v) is 11.5. The quantitative estimate of drug-likeness (QED) is 0.180. The highest BCUT2D eigenvalue weighted by atomic mass is 16.6. The van der Waals surface area contributed by atoms with Crippen molar-refractivity contribution in [3.63, 3.8) is 0 Å². The number of aromatic nitrogens is 2. The molecule has 0 fully saturated rings. The number of carbonyl (C=O) groups is 1. The molecule has 0 spiro atoms. The Morgan fingerprint density at radius 1 is 1.08 bits per heavy atom. The molecule has 0 aliphatic carbocycles. The molecule has 194 valence electrons. The maximum absolute atomic E-state index is 12.6. The monoisotopic (exact) mass is 515 g/mol. The molecule has 1 amide bonds. The largest absolute Gasteiger partial charge is 0.497 e. The molecule has 0 bridgehead atoms. The number of nitro groups is 1. The van der Waals surface area contributed by atoms with E-state index < -0.39 is 10.8 Å². The molecule has 0 aliphatic rings. The second-order valence-electron chi connectivity index (χ2n) is 8.09. The number of ether oxygens (including phenoxy) is 3. The molecule has 0 atom stereocenters. The van der Waals surface area contributed by atoms with Crippen molar-refractivity contribution < 1.29 is 23.9 Å². The normalized spacial score (nSPS) is 10.8. The second-order valence-corrected chi connectivity index (χ2v) is 8.09. The van der Waals surface area contributed by atoms with Crippen molar-refractivity contribution in [1.29, 1.82) is 0 Å². The Kier molecular flexibility index (Phi) is 8.29. The lowest BCUT2D eigenvalue weighted by Crippen LogP contribution is -2.18. The van der Waals surface area contributed by atoms with Crippen molar-refractivity contribution in [2.45, 2.75) is 13.2 Å². The smallest absolute Gasteiger partial charge is 0.307 e. The number of hydrogen-bond donors (Lipinski definition) is 1. The van der Waals surface area contributed by atoms with Gasteiger partial charge in [0.25, 0.3) is 5.91 Å². The molecule has 0 radical (unpaired) electrons. The zero-order valence-electron chi connectivity index (χ0n) is 20.7. The van der Waals surface area contributed by atoms with Gasteiger partial charge in [-0.2, -0.15) is 10.2 Å². The summed E-state index contributed by atoms with van der Waals surface area (Å²) < 4.78 is 18.0. The Morgan fingerprint density at radius 3 is 2.66 bits per heavy atom. The molecule has 0 saturated heterocycles. The van der Waals surface area contributed by atoms with Crippen LogP contribution in [0, 0.1) is 10.1 Å². The van der Waals surface area contributed by atoms with Gasteiger partial charge in [0.2, 0.25) is 0 Å². The Morgan fingerprint density at radius 2 is 1.89 bits per heavy atom. The zero-order valence-corrected chi connectivity index (χ0v) is 20.7. The van der Waals surface area contributed by atoms with Crippen molar-refractivity contribution in [3.05, 3.63) is 111 Å². The van der Waals surface area contributed by atoms with Crippen molar-refractivity contribution >= 4 is 17.8 Å². The molecule has 0 unspecified atom stereocenters. The van der Waals surface area contributed by atoms with Gasteiger partial charge < -0.3 is 14.2 Å². The molecule has 38 heavy (non-hydrogen) atoms.